The van der Waals surface area contributed by atoms with Gasteiger partial charge in [-0.2, -0.15) is 5.26 Å². The first-order chi connectivity index (χ1) is 13.0. The molecule has 0 aliphatic rings. The second-order valence-corrected chi connectivity index (χ2v) is 5.88. The number of rotatable bonds is 5. The fourth-order valence-corrected chi connectivity index (χ4v) is 2.72. The lowest BCUT2D eigenvalue weighted by Gasteiger charge is -2.08. The number of hydrogen-bond acceptors (Lipinski definition) is 4. The Morgan fingerprint density at radius 1 is 1.15 bits per heavy atom. The Morgan fingerprint density at radius 3 is 2.52 bits per heavy atom. The number of nitrogens with zero attached hydrogens (tertiary/aromatic N) is 3. The van der Waals surface area contributed by atoms with Crippen LogP contribution in [0.1, 0.15) is 11.3 Å². The number of anilines is 1. The van der Waals surface area contributed by atoms with Crippen molar-refractivity contribution in [2.45, 2.75) is 6.92 Å². The normalized spacial score (nSPS) is 10.3. The molecule has 136 valence electrons. The van der Waals surface area contributed by atoms with Gasteiger partial charge >= 0.3 is 0 Å². The van der Waals surface area contributed by atoms with Gasteiger partial charge in [0.25, 0.3) is 11.5 Å². The van der Waals surface area contributed by atoms with Gasteiger partial charge in [-0.05, 0) is 31.2 Å². The summed E-state index contributed by atoms with van der Waals surface area (Å²) in [7, 11) is 1.75. The number of para-hydroxylation sites is 2. The van der Waals surface area contributed by atoms with Gasteiger partial charge < -0.3 is 10.1 Å². The van der Waals surface area contributed by atoms with Crippen molar-refractivity contribution in [2.24, 2.45) is 7.05 Å². The van der Waals surface area contributed by atoms with Gasteiger partial charge in [0.1, 0.15) is 17.5 Å². The Bertz CT molecular complexity index is 1070. The molecule has 1 heterocycles. The zero-order chi connectivity index (χ0) is 19.4. The van der Waals surface area contributed by atoms with Crippen molar-refractivity contribution >= 4 is 11.6 Å². The molecule has 3 rings (SSSR count). The van der Waals surface area contributed by atoms with Crippen LogP contribution in [0, 0.1) is 18.3 Å². The fraction of sp³-hybridized carbons (Fsp3) is 0.150. The third-order valence-electron chi connectivity index (χ3n) is 4.18. The molecule has 3 aromatic rings. The predicted molar refractivity (Wildman–Crippen MR) is 101 cm³/mol. The quantitative estimate of drug-likeness (QED) is 0.755. The highest BCUT2D eigenvalue weighted by Gasteiger charge is 2.18. The Hall–Kier alpha value is -3.79. The van der Waals surface area contributed by atoms with E-state index in [1.54, 1.807) is 42.9 Å². The summed E-state index contributed by atoms with van der Waals surface area (Å²) in [6.45, 7) is 1.44. The molecule has 0 saturated carbocycles. The number of ether oxygens (including phenoxy) is 1. The summed E-state index contributed by atoms with van der Waals surface area (Å²) in [6, 6.07) is 17.8. The standard InChI is InChI=1S/C20H18N4O3/c1-14-19(20(26)24(23(14)2)16-9-4-3-5-10-16)22-18(25)13-27-17-11-7-6-8-15(17)12-21/h3-11H,13H2,1-2H3,(H,22,25). The summed E-state index contributed by atoms with van der Waals surface area (Å²) >= 11 is 0. The second kappa shape index (κ2) is 7.62. The van der Waals surface area contributed by atoms with E-state index in [0.29, 0.717) is 22.7 Å². The molecule has 0 saturated heterocycles. The monoisotopic (exact) mass is 362 g/mol. The fourth-order valence-electron chi connectivity index (χ4n) is 2.72. The highest BCUT2D eigenvalue weighted by atomic mass is 16.5. The number of amides is 1. The van der Waals surface area contributed by atoms with Crippen LogP contribution in [0.5, 0.6) is 5.75 Å². The third kappa shape index (κ3) is 3.60. The largest absolute Gasteiger partial charge is 0.482 e. The van der Waals surface area contributed by atoms with E-state index < -0.39 is 5.91 Å². The Morgan fingerprint density at radius 2 is 1.81 bits per heavy atom. The van der Waals surface area contributed by atoms with Crippen LogP contribution in [0.4, 0.5) is 5.69 Å². The van der Waals surface area contributed by atoms with Crippen LogP contribution in [0.2, 0.25) is 0 Å². The van der Waals surface area contributed by atoms with E-state index in [1.807, 2.05) is 36.4 Å². The zero-order valence-corrected chi connectivity index (χ0v) is 15.0. The average Bonchev–Trinajstić information content (AvgIpc) is 2.90. The summed E-state index contributed by atoms with van der Waals surface area (Å²) in [5, 5.41) is 11.7. The summed E-state index contributed by atoms with van der Waals surface area (Å²) in [4.78, 5) is 25.0. The van der Waals surface area contributed by atoms with Crippen LogP contribution in [0.3, 0.4) is 0 Å². The summed E-state index contributed by atoms with van der Waals surface area (Å²) in [6.07, 6.45) is 0. The summed E-state index contributed by atoms with van der Waals surface area (Å²) < 4.78 is 8.58. The molecule has 0 aliphatic carbocycles. The van der Waals surface area contributed by atoms with Gasteiger partial charge in [-0.15, -0.1) is 0 Å². The molecule has 0 atom stereocenters. The van der Waals surface area contributed by atoms with Gasteiger partial charge in [-0.1, -0.05) is 30.3 Å². The molecule has 1 N–H and O–H groups in total. The zero-order valence-electron chi connectivity index (χ0n) is 15.0. The number of benzene rings is 2. The maximum atomic E-state index is 12.8. The number of nitriles is 1. The maximum absolute atomic E-state index is 12.8. The first-order valence-corrected chi connectivity index (χ1v) is 8.28. The highest BCUT2D eigenvalue weighted by Crippen LogP contribution is 2.17. The van der Waals surface area contributed by atoms with Crippen molar-refractivity contribution < 1.29 is 9.53 Å². The molecule has 0 bridgehead atoms. The summed E-state index contributed by atoms with van der Waals surface area (Å²) in [5.74, 6) is -0.157. The molecule has 0 spiro atoms. The van der Waals surface area contributed by atoms with Gasteiger partial charge in [0.05, 0.1) is 16.9 Å². The van der Waals surface area contributed by atoms with Crippen LogP contribution in [-0.2, 0) is 11.8 Å². The molecule has 7 nitrogen and oxygen atoms in total. The van der Waals surface area contributed by atoms with Crippen molar-refractivity contribution in [3.8, 4) is 17.5 Å². The minimum absolute atomic E-state index is 0.198. The second-order valence-electron chi connectivity index (χ2n) is 5.88. The molecule has 0 fully saturated rings. The Labute approximate surface area is 156 Å². The van der Waals surface area contributed by atoms with Crippen LogP contribution in [0.15, 0.2) is 59.4 Å². The SMILES string of the molecule is Cc1c(NC(=O)COc2ccccc2C#N)c(=O)n(-c2ccccc2)n1C. The smallest absolute Gasteiger partial charge is 0.295 e. The third-order valence-corrected chi connectivity index (χ3v) is 4.18. The number of aromatic nitrogens is 2. The van der Waals surface area contributed by atoms with Crippen LogP contribution >= 0.6 is 0 Å². The number of carbonyl (C=O) groups excluding carboxylic acids is 1. The number of nitrogens with one attached hydrogen (secondary N) is 1. The first-order valence-electron chi connectivity index (χ1n) is 8.28. The highest BCUT2D eigenvalue weighted by molar-refractivity contribution is 5.92. The van der Waals surface area contributed by atoms with E-state index in [1.165, 1.54) is 4.68 Å². The molecule has 2 aromatic carbocycles. The minimum Gasteiger partial charge on any atom is -0.482 e. The average molecular weight is 362 g/mol. The number of carbonyl (C=O) groups is 1. The van der Waals surface area contributed by atoms with E-state index in [2.05, 4.69) is 5.32 Å². The molecule has 1 aromatic heterocycles. The van der Waals surface area contributed by atoms with Crippen LogP contribution in [0.25, 0.3) is 5.69 Å². The lowest BCUT2D eigenvalue weighted by molar-refractivity contribution is -0.118. The maximum Gasteiger partial charge on any atom is 0.295 e. The minimum atomic E-state index is -0.478. The molecule has 0 unspecified atom stereocenters. The molecular weight excluding hydrogens is 344 g/mol. The van der Waals surface area contributed by atoms with Gasteiger partial charge in [0, 0.05) is 7.05 Å². The van der Waals surface area contributed by atoms with Gasteiger partial charge in [0.2, 0.25) is 0 Å². The van der Waals surface area contributed by atoms with Gasteiger partial charge in [0.15, 0.2) is 6.61 Å². The molecule has 7 heteroatoms. The Balaban J connectivity index is 1.79. The Kier molecular flexibility index (Phi) is 5.08. The molecular formula is C20H18N4O3. The first kappa shape index (κ1) is 18.0. The van der Waals surface area contributed by atoms with Crippen LogP contribution in [-0.4, -0.2) is 21.9 Å². The van der Waals surface area contributed by atoms with Gasteiger partial charge in [-0.3, -0.25) is 14.3 Å². The lowest BCUT2D eigenvalue weighted by Crippen LogP contribution is -2.25. The molecule has 1 amide bonds. The summed E-state index contributed by atoms with van der Waals surface area (Å²) in [5.41, 5.74) is 1.53. The van der Waals surface area contributed by atoms with E-state index >= 15 is 0 Å². The van der Waals surface area contributed by atoms with Crippen molar-refractivity contribution in [2.75, 3.05) is 11.9 Å². The number of hydrogen-bond donors (Lipinski definition) is 1. The van der Waals surface area contributed by atoms with Crippen molar-refractivity contribution in [3.63, 3.8) is 0 Å². The van der Waals surface area contributed by atoms with Crippen LogP contribution < -0.4 is 15.6 Å². The van der Waals surface area contributed by atoms with Crippen molar-refractivity contribution in [1.29, 1.82) is 5.26 Å². The van der Waals surface area contributed by atoms with Gasteiger partial charge in [-0.25, -0.2) is 4.68 Å². The molecule has 0 radical (unpaired) electrons. The topological polar surface area (TPSA) is 89.1 Å². The molecule has 27 heavy (non-hydrogen) atoms. The van der Waals surface area contributed by atoms with Crippen molar-refractivity contribution in [3.05, 3.63) is 76.2 Å². The van der Waals surface area contributed by atoms with E-state index in [0.717, 1.165) is 0 Å². The van der Waals surface area contributed by atoms with E-state index in [9.17, 15) is 9.59 Å². The van der Waals surface area contributed by atoms with Crippen molar-refractivity contribution in [1.82, 2.24) is 9.36 Å². The molecule has 0 aliphatic heterocycles. The van der Waals surface area contributed by atoms with E-state index in [-0.39, 0.29) is 17.9 Å². The predicted octanol–water partition coefficient (Wildman–Crippen LogP) is 2.37. The lowest BCUT2D eigenvalue weighted by atomic mass is 10.2. The van der Waals surface area contributed by atoms with E-state index in [4.69, 9.17) is 10.00 Å².